The standard InChI is InChI=1S/C40H31BN4O2/c1-39(2)40(3,4)47-41(46-39)28-22-20-27(21-23-28)34-30-24-32(42-5)37-38(33(30)29-18-12-13-19-31(29)43-34)45-36(26-16-10-7-11-17-26)35(44-37)25-14-8-6-9-15-25/h6-24H,1-4H3. The molecule has 0 atom stereocenters. The van der Waals surface area contributed by atoms with Crippen molar-refractivity contribution in [1.82, 2.24) is 15.0 Å². The molecule has 5 aromatic carbocycles. The maximum atomic E-state index is 8.23. The maximum absolute atomic E-state index is 8.23. The molecule has 8 rings (SSSR count). The first-order valence-electron chi connectivity index (χ1n) is 15.8. The third kappa shape index (κ3) is 4.77. The van der Waals surface area contributed by atoms with Crippen molar-refractivity contribution in [3.63, 3.8) is 0 Å². The van der Waals surface area contributed by atoms with E-state index in [0.717, 1.165) is 60.9 Å². The Labute approximate surface area is 274 Å². The summed E-state index contributed by atoms with van der Waals surface area (Å²) >= 11 is 0. The molecule has 0 N–H and O–H groups in total. The van der Waals surface area contributed by atoms with Gasteiger partial charge in [0.05, 0.1) is 51.4 Å². The summed E-state index contributed by atoms with van der Waals surface area (Å²) in [5.74, 6) is 0. The van der Waals surface area contributed by atoms with Crippen LogP contribution in [0.1, 0.15) is 27.7 Å². The number of hydrogen-bond acceptors (Lipinski definition) is 5. The lowest BCUT2D eigenvalue weighted by Gasteiger charge is -2.32. The Kier molecular flexibility index (Phi) is 6.69. The van der Waals surface area contributed by atoms with Gasteiger partial charge in [-0.05, 0) is 45.3 Å². The summed E-state index contributed by atoms with van der Waals surface area (Å²) in [7, 11) is -0.460. The highest BCUT2D eigenvalue weighted by Crippen LogP contribution is 2.42. The fraction of sp³-hybridized carbons (Fsp3) is 0.150. The Morgan fingerprint density at radius 2 is 1.11 bits per heavy atom. The van der Waals surface area contributed by atoms with Gasteiger partial charge in [-0.2, -0.15) is 0 Å². The number of fused-ring (bicyclic) bond motifs is 5. The molecule has 226 valence electrons. The molecule has 3 heterocycles. The summed E-state index contributed by atoms with van der Waals surface area (Å²) in [6.45, 7) is 16.5. The van der Waals surface area contributed by atoms with Crippen LogP contribution in [0.3, 0.4) is 0 Å². The van der Waals surface area contributed by atoms with Gasteiger partial charge in [-0.15, -0.1) is 0 Å². The highest BCUT2D eigenvalue weighted by atomic mass is 16.7. The summed E-state index contributed by atoms with van der Waals surface area (Å²) in [5.41, 5.74) is 7.73. The molecular weight excluding hydrogens is 579 g/mol. The SMILES string of the molecule is [C-]#[N+]c1cc2c(-c3ccc(B4OC(C)(C)C(C)(C)O4)cc3)nc3ccccc3c2c2nc(-c3ccccc3)c(-c3ccccc3)nc12. The average molecular weight is 611 g/mol. The normalized spacial score (nSPS) is 15.3. The number of nitrogens with zero attached hydrogens (tertiary/aromatic N) is 4. The third-order valence-corrected chi connectivity index (χ3v) is 9.51. The highest BCUT2D eigenvalue weighted by molar-refractivity contribution is 6.62. The van der Waals surface area contributed by atoms with E-state index < -0.39 is 18.3 Å². The predicted octanol–water partition coefficient (Wildman–Crippen LogP) is 9.18. The quantitative estimate of drug-likeness (QED) is 0.113. The number of rotatable bonds is 4. The van der Waals surface area contributed by atoms with Crippen molar-refractivity contribution in [2.75, 3.05) is 0 Å². The molecule has 1 aliphatic rings. The fourth-order valence-electron chi connectivity index (χ4n) is 6.29. The molecule has 6 nitrogen and oxygen atoms in total. The molecule has 0 spiro atoms. The van der Waals surface area contributed by atoms with Gasteiger partial charge >= 0.3 is 7.12 Å². The van der Waals surface area contributed by atoms with E-state index >= 15 is 0 Å². The van der Waals surface area contributed by atoms with E-state index in [1.54, 1.807) is 0 Å². The van der Waals surface area contributed by atoms with E-state index in [1.807, 2.05) is 84.9 Å². The first kappa shape index (κ1) is 29.0. The van der Waals surface area contributed by atoms with E-state index in [0.29, 0.717) is 16.7 Å². The topological polar surface area (TPSA) is 61.5 Å². The average Bonchev–Trinajstić information content (AvgIpc) is 3.33. The molecule has 0 amide bonds. The van der Waals surface area contributed by atoms with Gasteiger partial charge in [-0.3, -0.25) is 4.98 Å². The zero-order valence-electron chi connectivity index (χ0n) is 26.7. The van der Waals surface area contributed by atoms with Crippen molar-refractivity contribution < 1.29 is 9.31 Å². The largest absolute Gasteiger partial charge is 0.494 e. The zero-order chi connectivity index (χ0) is 32.3. The lowest BCUT2D eigenvalue weighted by atomic mass is 9.78. The molecule has 0 bridgehead atoms. The van der Waals surface area contributed by atoms with E-state index in [1.165, 1.54) is 0 Å². The molecule has 47 heavy (non-hydrogen) atoms. The molecule has 0 unspecified atom stereocenters. The number of aromatic nitrogens is 3. The van der Waals surface area contributed by atoms with E-state index in [2.05, 4.69) is 62.9 Å². The minimum atomic E-state index is -0.460. The van der Waals surface area contributed by atoms with Crippen molar-refractivity contribution >= 4 is 51.0 Å². The van der Waals surface area contributed by atoms with Crippen LogP contribution in [-0.4, -0.2) is 33.3 Å². The van der Waals surface area contributed by atoms with Crippen molar-refractivity contribution in [2.24, 2.45) is 0 Å². The van der Waals surface area contributed by atoms with Crippen LogP contribution in [0.25, 0.3) is 71.3 Å². The molecule has 7 aromatic rings. The minimum absolute atomic E-state index is 0.427. The van der Waals surface area contributed by atoms with Gasteiger partial charge in [-0.25, -0.2) is 14.8 Å². The van der Waals surface area contributed by atoms with Crippen molar-refractivity contribution in [3.8, 4) is 33.8 Å². The van der Waals surface area contributed by atoms with Gasteiger partial charge in [0.1, 0.15) is 0 Å². The molecule has 0 aliphatic carbocycles. The Morgan fingerprint density at radius 3 is 1.70 bits per heavy atom. The lowest BCUT2D eigenvalue weighted by Crippen LogP contribution is -2.41. The molecular formula is C40H31BN4O2. The second-order valence-corrected chi connectivity index (χ2v) is 13.0. The monoisotopic (exact) mass is 610 g/mol. The summed E-state index contributed by atoms with van der Waals surface area (Å²) in [6, 6.07) is 38.4. The highest BCUT2D eigenvalue weighted by Gasteiger charge is 2.51. The van der Waals surface area contributed by atoms with Gasteiger partial charge in [0.15, 0.2) is 0 Å². The van der Waals surface area contributed by atoms with Gasteiger partial charge in [0.2, 0.25) is 5.69 Å². The van der Waals surface area contributed by atoms with Crippen LogP contribution in [0.2, 0.25) is 0 Å². The Morgan fingerprint density at radius 1 is 0.574 bits per heavy atom. The smallest absolute Gasteiger partial charge is 0.399 e. The number of pyridine rings is 1. The number of hydrogen-bond donors (Lipinski definition) is 0. The minimum Gasteiger partial charge on any atom is -0.399 e. The van der Waals surface area contributed by atoms with Crippen LogP contribution in [0, 0.1) is 6.57 Å². The summed E-state index contributed by atoms with van der Waals surface area (Å²) in [5, 5.41) is 2.74. The molecule has 1 fully saturated rings. The van der Waals surface area contributed by atoms with E-state index in [-0.39, 0.29) is 0 Å². The van der Waals surface area contributed by atoms with E-state index in [4.69, 9.17) is 30.8 Å². The molecule has 0 radical (unpaired) electrons. The van der Waals surface area contributed by atoms with Crippen molar-refractivity contribution in [3.05, 3.63) is 127 Å². The van der Waals surface area contributed by atoms with Crippen LogP contribution < -0.4 is 5.46 Å². The lowest BCUT2D eigenvalue weighted by molar-refractivity contribution is 0.00578. The first-order valence-corrected chi connectivity index (χ1v) is 15.8. The summed E-state index contributed by atoms with van der Waals surface area (Å²) in [4.78, 5) is 19.7. The molecule has 2 aromatic heterocycles. The Bertz CT molecular complexity index is 2350. The van der Waals surface area contributed by atoms with E-state index in [9.17, 15) is 0 Å². The molecule has 0 saturated carbocycles. The fourth-order valence-corrected chi connectivity index (χ4v) is 6.29. The zero-order valence-corrected chi connectivity index (χ0v) is 26.7. The van der Waals surface area contributed by atoms with Crippen LogP contribution in [0.5, 0.6) is 0 Å². The maximum Gasteiger partial charge on any atom is 0.494 e. The summed E-state index contributed by atoms with van der Waals surface area (Å²) in [6.07, 6.45) is 0. The van der Waals surface area contributed by atoms with Crippen molar-refractivity contribution in [1.29, 1.82) is 0 Å². The summed E-state index contributed by atoms with van der Waals surface area (Å²) < 4.78 is 12.6. The third-order valence-electron chi connectivity index (χ3n) is 9.51. The predicted molar refractivity (Wildman–Crippen MR) is 191 cm³/mol. The Balaban J connectivity index is 1.39. The molecule has 1 aliphatic heterocycles. The van der Waals surface area contributed by atoms with Crippen LogP contribution in [-0.2, 0) is 9.31 Å². The number of benzene rings is 5. The number of para-hydroxylation sites is 1. The molecule has 1 saturated heterocycles. The second kappa shape index (κ2) is 10.8. The second-order valence-electron chi connectivity index (χ2n) is 13.0. The van der Waals surface area contributed by atoms with Gasteiger partial charge in [-0.1, -0.05) is 103 Å². The van der Waals surface area contributed by atoms with Gasteiger partial charge in [0.25, 0.3) is 0 Å². The first-order chi connectivity index (χ1) is 22.7. The van der Waals surface area contributed by atoms with Crippen molar-refractivity contribution in [2.45, 2.75) is 38.9 Å². The van der Waals surface area contributed by atoms with Gasteiger partial charge < -0.3 is 9.31 Å². The Hall–Kier alpha value is -5.42. The van der Waals surface area contributed by atoms with Gasteiger partial charge in [0, 0.05) is 32.8 Å². The van der Waals surface area contributed by atoms with Crippen LogP contribution >= 0.6 is 0 Å². The van der Waals surface area contributed by atoms with Crippen LogP contribution in [0.4, 0.5) is 5.69 Å². The van der Waals surface area contributed by atoms with Crippen LogP contribution in [0.15, 0.2) is 115 Å². The molecule has 7 heteroatoms.